The van der Waals surface area contributed by atoms with Gasteiger partial charge in [-0.1, -0.05) is 23.2 Å². The Morgan fingerprint density at radius 2 is 2.00 bits per heavy atom. The zero-order valence-corrected chi connectivity index (χ0v) is 14.1. The molecule has 2 aromatic rings. The Hall–Kier alpha value is -1.58. The minimum atomic E-state index is 0.313. The van der Waals surface area contributed by atoms with Gasteiger partial charge in [-0.25, -0.2) is 0 Å². The van der Waals surface area contributed by atoms with E-state index in [0.717, 1.165) is 28.6 Å². The van der Waals surface area contributed by atoms with Crippen LogP contribution in [0, 0.1) is 12.8 Å². The molecule has 5 rings (SSSR count). The van der Waals surface area contributed by atoms with Crippen molar-refractivity contribution in [2.75, 3.05) is 19.6 Å². The lowest BCUT2D eigenvalue weighted by Gasteiger charge is -2.44. The number of benzene rings is 1. The van der Waals surface area contributed by atoms with Gasteiger partial charge in [0.15, 0.2) is 0 Å². The molecule has 1 aromatic carbocycles. The van der Waals surface area contributed by atoms with Gasteiger partial charge in [0, 0.05) is 17.1 Å². The number of hydrogen-bond acceptors (Lipinski definition) is 3. The molecule has 23 heavy (non-hydrogen) atoms. The first-order valence-corrected chi connectivity index (χ1v) is 8.68. The first-order chi connectivity index (χ1) is 11.2. The van der Waals surface area contributed by atoms with E-state index < -0.39 is 0 Å². The van der Waals surface area contributed by atoms with Gasteiger partial charge in [0.1, 0.15) is 11.9 Å². The fourth-order valence-electron chi connectivity index (χ4n) is 3.66. The van der Waals surface area contributed by atoms with Crippen molar-refractivity contribution < 1.29 is 4.74 Å². The molecule has 0 spiro atoms. The number of nitrogens with zero attached hydrogens (tertiary/aromatic N) is 2. The lowest BCUT2D eigenvalue weighted by atomic mass is 9.86. The minimum absolute atomic E-state index is 0.313. The van der Waals surface area contributed by atoms with E-state index in [0.29, 0.717) is 12.0 Å². The average Bonchev–Trinajstić information content (AvgIpc) is 2.59. The van der Waals surface area contributed by atoms with Crippen LogP contribution in [0.15, 0.2) is 36.5 Å². The highest BCUT2D eigenvalue weighted by Gasteiger charge is 2.35. The van der Waals surface area contributed by atoms with E-state index in [1.165, 1.54) is 31.5 Å². The van der Waals surface area contributed by atoms with Crippen molar-refractivity contribution in [3.05, 3.63) is 47.1 Å². The summed E-state index contributed by atoms with van der Waals surface area (Å²) in [6, 6.07) is 10.0. The molecule has 3 saturated heterocycles. The Labute approximate surface area is 142 Å². The van der Waals surface area contributed by atoms with Gasteiger partial charge in [0.05, 0.1) is 11.9 Å². The molecule has 0 radical (unpaired) electrons. The van der Waals surface area contributed by atoms with E-state index >= 15 is 0 Å². The van der Waals surface area contributed by atoms with Gasteiger partial charge < -0.3 is 4.74 Å². The van der Waals surface area contributed by atoms with Crippen LogP contribution >= 0.6 is 11.6 Å². The van der Waals surface area contributed by atoms with Crippen LogP contribution in [0.5, 0.6) is 5.75 Å². The summed E-state index contributed by atoms with van der Waals surface area (Å²) in [5.41, 5.74) is 3.04. The zero-order chi connectivity index (χ0) is 15.8. The fraction of sp³-hybridized carbons (Fsp3) is 0.421. The number of halogens is 1. The van der Waals surface area contributed by atoms with E-state index in [1.807, 2.05) is 30.5 Å². The topological polar surface area (TPSA) is 25.4 Å². The lowest BCUT2D eigenvalue weighted by Crippen LogP contribution is -2.52. The first kappa shape index (κ1) is 15.0. The summed E-state index contributed by atoms with van der Waals surface area (Å²) in [4.78, 5) is 7.05. The third kappa shape index (κ3) is 3.08. The molecule has 2 bridgehead atoms. The van der Waals surface area contributed by atoms with Crippen molar-refractivity contribution >= 4 is 11.6 Å². The van der Waals surface area contributed by atoms with Crippen LogP contribution in [0.25, 0.3) is 11.3 Å². The SMILES string of the molecule is Cc1ccc(Cl)c(-c2ccc(OC3CN4CCC3CC4)cn2)c1. The summed E-state index contributed by atoms with van der Waals surface area (Å²) in [6.45, 7) is 5.57. The van der Waals surface area contributed by atoms with Crippen molar-refractivity contribution in [2.24, 2.45) is 5.92 Å². The molecule has 3 nitrogen and oxygen atoms in total. The monoisotopic (exact) mass is 328 g/mol. The van der Waals surface area contributed by atoms with Crippen LogP contribution in [-0.2, 0) is 0 Å². The van der Waals surface area contributed by atoms with Gasteiger partial charge in [-0.05, 0) is 63.0 Å². The quantitative estimate of drug-likeness (QED) is 0.845. The third-order valence-corrected chi connectivity index (χ3v) is 5.35. The van der Waals surface area contributed by atoms with Gasteiger partial charge in [0.25, 0.3) is 0 Å². The standard InChI is InChI=1S/C19H21ClN2O/c1-13-2-4-17(20)16(10-13)18-5-3-15(11-21-18)23-19-12-22-8-6-14(19)7-9-22/h2-5,10-11,14,19H,6-9,12H2,1H3. The van der Waals surface area contributed by atoms with E-state index in [4.69, 9.17) is 16.3 Å². The maximum absolute atomic E-state index is 6.29. The third-order valence-electron chi connectivity index (χ3n) is 5.02. The molecule has 1 atom stereocenters. The summed E-state index contributed by atoms with van der Waals surface area (Å²) in [6.07, 6.45) is 4.66. The van der Waals surface area contributed by atoms with Crippen LogP contribution in [0.1, 0.15) is 18.4 Å². The Kier molecular flexibility index (Phi) is 4.00. The molecule has 3 fully saturated rings. The van der Waals surface area contributed by atoms with Gasteiger partial charge in [-0.15, -0.1) is 0 Å². The number of aromatic nitrogens is 1. The van der Waals surface area contributed by atoms with E-state index in [-0.39, 0.29) is 0 Å². The zero-order valence-electron chi connectivity index (χ0n) is 13.3. The Morgan fingerprint density at radius 3 is 2.65 bits per heavy atom. The van der Waals surface area contributed by atoms with Crippen molar-refractivity contribution in [1.29, 1.82) is 0 Å². The van der Waals surface area contributed by atoms with Gasteiger partial charge >= 0.3 is 0 Å². The van der Waals surface area contributed by atoms with Crippen molar-refractivity contribution in [3.63, 3.8) is 0 Å². The molecule has 0 N–H and O–H groups in total. The van der Waals surface area contributed by atoms with Crippen molar-refractivity contribution in [1.82, 2.24) is 9.88 Å². The predicted octanol–water partition coefficient (Wildman–Crippen LogP) is 4.18. The number of hydrogen-bond donors (Lipinski definition) is 0. The molecule has 3 aliphatic heterocycles. The maximum Gasteiger partial charge on any atom is 0.138 e. The Bertz CT molecular complexity index is 693. The number of ether oxygens (including phenoxy) is 1. The van der Waals surface area contributed by atoms with Gasteiger partial charge in [-0.3, -0.25) is 9.88 Å². The average molecular weight is 329 g/mol. The largest absolute Gasteiger partial charge is 0.487 e. The molecule has 4 heteroatoms. The molecule has 1 aromatic heterocycles. The van der Waals surface area contributed by atoms with E-state index in [9.17, 15) is 0 Å². The molecule has 0 aliphatic carbocycles. The number of piperidine rings is 3. The molecule has 0 amide bonds. The van der Waals surface area contributed by atoms with Crippen LogP contribution in [-0.4, -0.2) is 35.6 Å². The molecular weight excluding hydrogens is 308 g/mol. The normalized spacial score (nSPS) is 26.3. The molecular formula is C19H21ClN2O. The second-order valence-corrected chi connectivity index (χ2v) is 7.06. The van der Waals surface area contributed by atoms with Crippen LogP contribution in [0.4, 0.5) is 0 Å². The lowest BCUT2D eigenvalue weighted by molar-refractivity contribution is -0.00791. The maximum atomic E-state index is 6.29. The first-order valence-electron chi connectivity index (χ1n) is 8.30. The Balaban J connectivity index is 1.51. The predicted molar refractivity (Wildman–Crippen MR) is 93.0 cm³/mol. The van der Waals surface area contributed by atoms with E-state index in [1.54, 1.807) is 0 Å². The summed E-state index contributed by atoms with van der Waals surface area (Å²) in [5, 5.41) is 0.731. The summed E-state index contributed by atoms with van der Waals surface area (Å²) in [7, 11) is 0. The van der Waals surface area contributed by atoms with Crippen molar-refractivity contribution in [2.45, 2.75) is 25.9 Å². The molecule has 3 aliphatic rings. The molecule has 4 heterocycles. The van der Waals surface area contributed by atoms with Crippen LogP contribution < -0.4 is 4.74 Å². The highest BCUT2D eigenvalue weighted by molar-refractivity contribution is 6.33. The summed E-state index contributed by atoms with van der Waals surface area (Å²) in [5.74, 6) is 1.56. The summed E-state index contributed by atoms with van der Waals surface area (Å²) < 4.78 is 6.20. The molecule has 0 saturated carbocycles. The highest BCUT2D eigenvalue weighted by Crippen LogP contribution is 2.32. The number of rotatable bonds is 3. The Morgan fingerprint density at radius 1 is 1.17 bits per heavy atom. The van der Waals surface area contributed by atoms with Crippen LogP contribution in [0.3, 0.4) is 0 Å². The second kappa shape index (κ2) is 6.14. The molecule has 120 valence electrons. The summed E-state index contributed by atoms with van der Waals surface area (Å²) >= 11 is 6.29. The van der Waals surface area contributed by atoms with E-state index in [2.05, 4.69) is 22.9 Å². The molecule has 1 unspecified atom stereocenters. The second-order valence-electron chi connectivity index (χ2n) is 6.66. The van der Waals surface area contributed by atoms with Crippen molar-refractivity contribution in [3.8, 4) is 17.0 Å². The smallest absolute Gasteiger partial charge is 0.138 e. The number of pyridine rings is 1. The van der Waals surface area contributed by atoms with Gasteiger partial charge in [-0.2, -0.15) is 0 Å². The van der Waals surface area contributed by atoms with Crippen LogP contribution in [0.2, 0.25) is 5.02 Å². The number of fused-ring (bicyclic) bond motifs is 3. The highest BCUT2D eigenvalue weighted by atomic mass is 35.5. The number of aryl methyl sites for hydroxylation is 1. The van der Waals surface area contributed by atoms with Gasteiger partial charge in [0.2, 0.25) is 0 Å². The minimum Gasteiger partial charge on any atom is -0.487 e. The fourth-order valence-corrected chi connectivity index (χ4v) is 3.88.